The van der Waals surface area contributed by atoms with Gasteiger partial charge in [0.05, 0.1) is 0 Å². The van der Waals surface area contributed by atoms with Crippen LogP contribution in [-0.4, -0.2) is 9.97 Å². The molecule has 0 aliphatic carbocycles. The molecule has 5 heteroatoms. The molecule has 96 valence electrons. The first-order chi connectivity index (χ1) is 9.86. The van der Waals surface area contributed by atoms with Crippen LogP contribution >= 0.6 is 0 Å². The topological polar surface area (TPSA) is 73.6 Å². The third-order valence-electron chi connectivity index (χ3n) is 2.90. The van der Waals surface area contributed by atoms with Crippen LogP contribution in [0.4, 0.5) is 17.3 Å². The molecule has 3 aromatic rings. The molecule has 3 rings (SSSR count). The second-order valence-corrected chi connectivity index (χ2v) is 4.18. The van der Waals surface area contributed by atoms with E-state index < -0.39 is 0 Å². The van der Waals surface area contributed by atoms with Gasteiger partial charge in [0, 0.05) is 17.1 Å². The molecule has 0 spiro atoms. The van der Waals surface area contributed by atoms with Gasteiger partial charge in [0.2, 0.25) is 0 Å². The molecule has 0 radical (unpaired) electrons. The van der Waals surface area contributed by atoms with Gasteiger partial charge in [-0.1, -0.05) is 36.4 Å². The summed E-state index contributed by atoms with van der Waals surface area (Å²) >= 11 is 0. The van der Waals surface area contributed by atoms with Crippen molar-refractivity contribution < 1.29 is 0 Å². The normalized spacial score (nSPS) is 9.95. The lowest BCUT2D eigenvalue weighted by Gasteiger charge is -2.09. The maximum absolute atomic E-state index is 8.60. The van der Waals surface area contributed by atoms with E-state index in [2.05, 4.69) is 32.7 Å². The average Bonchev–Trinajstić information content (AvgIpc) is 2.48. The van der Waals surface area contributed by atoms with Crippen molar-refractivity contribution in [2.45, 2.75) is 0 Å². The Morgan fingerprint density at radius 1 is 0.950 bits per heavy atom. The van der Waals surface area contributed by atoms with Gasteiger partial charge < -0.3 is 5.32 Å². The summed E-state index contributed by atoms with van der Waals surface area (Å²) in [5.74, 6) is 1.10. The van der Waals surface area contributed by atoms with Gasteiger partial charge >= 0.3 is 0 Å². The van der Waals surface area contributed by atoms with E-state index in [1.54, 1.807) is 6.07 Å². The van der Waals surface area contributed by atoms with Gasteiger partial charge in [-0.05, 0) is 11.5 Å². The van der Waals surface area contributed by atoms with Crippen molar-refractivity contribution in [3.8, 4) is 6.19 Å². The molecule has 20 heavy (non-hydrogen) atoms. The van der Waals surface area contributed by atoms with E-state index in [0.717, 1.165) is 16.5 Å². The Kier molecular flexibility index (Phi) is 3.13. The number of rotatable bonds is 3. The molecule has 0 bridgehead atoms. The van der Waals surface area contributed by atoms with E-state index in [1.807, 2.05) is 36.5 Å². The van der Waals surface area contributed by atoms with E-state index in [-0.39, 0.29) is 0 Å². The van der Waals surface area contributed by atoms with Gasteiger partial charge in [-0.3, -0.25) is 5.32 Å². The minimum Gasteiger partial charge on any atom is -0.340 e. The minimum absolute atomic E-state index is 0.463. The fourth-order valence-corrected chi connectivity index (χ4v) is 2.02. The first-order valence-corrected chi connectivity index (χ1v) is 6.09. The Morgan fingerprint density at radius 2 is 1.75 bits per heavy atom. The number of benzene rings is 2. The predicted molar refractivity (Wildman–Crippen MR) is 78.5 cm³/mol. The molecule has 2 N–H and O–H groups in total. The van der Waals surface area contributed by atoms with Crippen molar-refractivity contribution in [3.63, 3.8) is 0 Å². The summed E-state index contributed by atoms with van der Waals surface area (Å²) in [7, 11) is 0. The summed E-state index contributed by atoms with van der Waals surface area (Å²) in [6.07, 6.45) is 3.25. The molecule has 0 amide bonds. The highest BCUT2D eigenvalue weighted by Gasteiger charge is 2.02. The lowest BCUT2D eigenvalue weighted by atomic mass is 10.1. The zero-order valence-corrected chi connectivity index (χ0v) is 10.5. The molecule has 0 fully saturated rings. The highest BCUT2D eigenvalue weighted by Crippen LogP contribution is 2.25. The molecule has 0 atom stereocenters. The number of hydrogen-bond acceptors (Lipinski definition) is 5. The molecular weight excluding hydrogens is 250 g/mol. The lowest BCUT2D eigenvalue weighted by molar-refractivity contribution is 1.17. The number of nitriles is 1. The Bertz CT molecular complexity index is 786. The van der Waals surface area contributed by atoms with Gasteiger partial charge in [0.1, 0.15) is 18.0 Å². The molecule has 5 nitrogen and oxygen atoms in total. The first-order valence-electron chi connectivity index (χ1n) is 6.09. The second-order valence-electron chi connectivity index (χ2n) is 4.18. The summed E-state index contributed by atoms with van der Waals surface area (Å²) in [4.78, 5) is 8.10. The summed E-state index contributed by atoms with van der Waals surface area (Å²) in [6, 6.07) is 15.8. The minimum atomic E-state index is 0.463. The molecule has 1 heterocycles. The van der Waals surface area contributed by atoms with Gasteiger partial charge in [0.25, 0.3) is 0 Å². The van der Waals surface area contributed by atoms with Gasteiger partial charge in [-0.25, -0.2) is 9.97 Å². The number of fused-ring (bicyclic) bond motifs is 1. The van der Waals surface area contributed by atoms with E-state index in [0.29, 0.717) is 11.6 Å². The van der Waals surface area contributed by atoms with Crippen LogP contribution in [0.2, 0.25) is 0 Å². The summed E-state index contributed by atoms with van der Waals surface area (Å²) < 4.78 is 0. The van der Waals surface area contributed by atoms with E-state index in [1.165, 1.54) is 6.33 Å². The van der Waals surface area contributed by atoms with Crippen molar-refractivity contribution in [1.82, 2.24) is 9.97 Å². The number of aromatic nitrogens is 2. The molecule has 0 saturated heterocycles. The van der Waals surface area contributed by atoms with Crippen LogP contribution < -0.4 is 10.6 Å². The molecule has 0 saturated carbocycles. The maximum Gasteiger partial charge on any atom is 0.182 e. The zero-order chi connectivity index (χ0) is 13.8. The summed E-state index contributed by atoms with van der Waals surface area (Å²) in [5.41, 5.74) is 0.963. The highest BCUT2D eigenvalue weighted by molar-refractivity contribution is 5.95. The molecular formula is C15H11N5. The van der Waals surface area contributed by atoms with E-state index in [9.17, 15) is 0 Å². The van der Waals surface area contributed by atoms with Crippen molar-refractivity contribution in [2.75, 3.05) is 10.6 Å². The lowest BCUT2D eigenvalue weighted by Crippen LogP contribution is -1.98. The highest BCUT2D eigenvalue weighted by atomic mass is 15.1. The Labute approximate surface area is 115 Å². The number of nitrogens with zero attached hydrogens (tertiary/aromatic N) is 3. The van der Waals surface area contributed by atoms with Crippen LogP contribution in [0.3, 0.4) is 0 Å². The van der Waals surface area contributed by atoms with Crippen molar-refractivity contribution in [3.05, 3.63) is 54.9 Å². The van der Waals surface area contributed by atoms with Gasteiger partial charge in [-0.15, -0.1) is 0 Å². The largest absolute Gasteiger partial charge is 0.340 e. The average molecular weight is 261 g/mol. The smallest absolute Gasteiger partial charge is 0.182 e. The summed E-state index contributed by atoms with van der Waals surface area (Å²) in [5, 5.41) is 16.6. The quantitative estimate of drug-likeness (QED) is 0.559. The van der Waals surface area contributed by atoms with E-state index >= 15 is 0 Å². The van der Waals surface area contributed by atoms with Crippen LogP contribution in [-0.2, 0) is 0 Å². The monoisotopic (exact) mass is 261 g/mol. The zero-order valence-electron chi connectivity index (χ0n) is 10.5. The maximum atomic E-state index is 8.60. The fourth-order valence-electron chi connectivity index (χ4n) is 2.02. The summed E-state index contributed by atoms with van der Waals surface area (Å²) in [6.45, 7) is 0. The van der Waals surface area contributed by atoms with Crippen LogP contribution in [0.15, 0.2) is 54.9 Å². The molecule has 1 aromatic heterocycles. The standard InChI is InChI=1S/C15H11N5/c16-9-17-14-8-15(19-10-18-14)20-13-7-3-5-11-4-1-2-6-12(11)13/h1-8,10H,(H2,17,18,19,20). The Hall–Kier alpha value is -3.13. The van der Waals surface area contributed by atoms with Crippen LogP contribution in [0.25, 0.3) is 10.8 Å². The second kappa shape index (κ2) is 5.24. The van der Waals surface area contributed by atoms with Crippen LogP contribution in [0.1, 0.15) is 0 Å². The first kappa shape index (κ1) is 11.9. The third kappa shape index (κ3) is 2.35. The van der Waals surface area contributed by atoms with Crippen molar-refractivity contribution in [1.29, 1.82) is 5.26 Å². The molecule has 2 aromatic carbocycles. The fraction of sp³-hybridized carbons (Fsp3) is 0. The number of hydrogen-bond donors (Lipinski definition) is 2. The molecule has 0 unspecified atom stereocenters. The molecule has 0 aliphatic rings. The molecule has 0 aliphatic heterocycles. The van der Waals surface area contributed by atoms with Crippen molar-refractivity contribution in [2.24, 2.45) is 0 Å². The third-order valence-corrected chi connectivity index (χ3v) is 2.90. The van der Waals surface area contributed by atoms with Gasteiger partial charge in [0.15, 0.2) is 6.19 Å². The van der Waals surface area contributed by atoms with E-state index in [4.69, 9.17) is 5.26 Å². The Balaban J connectivity index is 1.97. The van der Waals surface area contributed by atoms with Crippen LogP contribution in [0.5, 0.6) is 0 Å². The SMILES string of the molecule is N#CNc1cc(Nc2cccc3ccccc23)ncn1. The Morgan fingerprint density at radius 3 is 2.65 bits per heavy atom. The number of anilines is 3. The van der Waals surface area contributed by atoms with Crippen LogP contribution in [0, 0.1) is 11.5 Å². The predicted octanol–water partition coefficient (Wildman–Crippen LogP) is 3.27. The van der Waals surface area contributed by atoms with Gasteiger partial charge in [-0.2, -0.15) is 5.26 Å². The van der Waals surface area contributed by atoms with Crippen molar-refractivity contribution >= 4 is 28.1 Å². The number of nitrogens with one attached hydrogen (secondary N) is 2.